The molecular formula is C12H10BrFN2O2S. The summed E-state index contributed by atoms with van der Waals surface area (Å²) in [5.74, 6) is -0.653. The zero-order valence-corrected chi connectivity index (χ0v) is 12.0. The molecule has 0 saturated heterocycles. The summed E-state index contributed by atoms with van der Waals surface area (Å²) in [6, 6.07) is 10.0. The van der Waals surface area contributed by atoms with E-state index < -0.39 is 15.8 Å². The molecule has 0 spiro atoms. The van der Waals surface area contributed by atoms with Crippen molar-refractivity contribution in [2.24, 2.45) is 0 Å². The molecule has 0 aromatic heterocycles. The van der Waals surface area contributed by atoms with Crippen molar-refractivity contribution in [3.63, 3.8) is 0 Å². The summed E-state index contributed by atoms with van der Waals surface area (Å²) in [7, 11) is -3.80. The minimum atomic E-state index is -3.80. The number of hydrogen-bond acceptors (Lipinski definition) is 3. The number of rotatable bonds is 3. The first-order chi connectivity index (χ1) is 8.90. The Labute approximate surface area is 118 Å². The molecule has 2 aromatic carbocycles. The first-order valence-electron chi connectivity index (χ1n) is 5.22. The smallest absolute Gasteiger partial charge is 0.262 e. The molecule has 4 nitrogen and oxygen atoms in total. The Hall–Kier alpha value is -1.60. The van der Waals surface area contributed by atoms with E-state index in [4.69, 9.17) is 5.73 Å². The number of nitrogens with two attached hydrogens (primary N) is 1. The van der Waals surface area contributed by atoms with Crippen molar-refractivity contribution in [1.29, 1.82) is 0 Å². The third-order valence-corrected chi connectivity index (χ3v) is 4.45. The summed E-state index contributed by atoms with van der Waals surface area (Å²) < 4.78 is 40.2. The average molecular weight is 345 g/mol. The lowest BCUT2D eigenvalue weighted by Crippen LogP contribution is -2.13. The van der Waals surface area contributed by atoms with Crippen LogP contribution in [-0.2, 0) is 10.0 Å². The molecule has 0 amide bonds. The second-order valence-electron chi connectivity index (χ2n) is 3.77. The van der Waals surface area contributed by atoms with Gasteiger partial charge in [0.2, 0.25) is 0 Å². The molecule has 0 unspecified atom stereocenters. The molecule has 0 radical (unpaired) electrons. The third kappa shape index (κ3) is 3.05. The number of para-hydroxylation sites is 1. The maximum Gasteiger partial charge on any atom is 0.262 e. The van der Waals surface area contributed by atoms with Gasteiger partial charge in [-0.15, -0.1) is 0 Å². The van der Waals surface area contributed by atoms with Crippen LogP contribution in [-0.4, -0.2) is 8.42 Å². The third-order valence-electron chi connectivity index (χ3n) is 2.40. The number of nitrogen functional groups attached to an aromatic ring is 1. The van der Waals surface area contributed by atoms with Crippen LogP contribution in [0.15, 0.2) is 51.8 Å². The molecule has 7 heteroatoms. The Morgan fingerprint density at radius 1 is 1.16 bits per heavy atom. The Morgan fingerprint density at radius 2 is 1.84 bits per heavy atom. The normalized spacial score (nSPS) is 11.3. The van der Waals surface area contributed by atoms with E-state index >= 15 is 0 Å². The number of halogens is 2. The lowest BCUT2D eigenvalue weighted by Gasteiger charge is -2.10. The summed E-state index contributed by atoms with van der Waals surface area (Å²) in [5, 5.41) is 0. The van der Waals surface area contributed by atoms with Gasteiger partial charge in [-0.1, -0.05) is 12.1 Å². The van der Waals surface area contributed by atoms with Crippen molar-refractivity contribution in [2.75, 3.05) is 10.5 Å². The van der Waals surface area contributed by atoms with Crippen molar-refractivity contribution in [3.8, 4) is 0 Å². The van der Waals surface area contributed by atoms with Gasteiger partial charge in [0, 0.05) is 4.47 Å². The molecule has 0 aliphatic heterocycles. The van der Waals surface area contributed by atoms with Gasteiger partial charge in [-0.25, -0.2) is 12.8 Å². The molecule has 0 fully saturated rings. The standard InChI is InChI=1S/C12H10BrFN2O2S/c13-9-3-1-2-4-12(9)16-19(17,18)8-5-6-10(14)11(15)7-8/h1-7,16H,15H2. The van der Waals surface area contributed by atoms with Crippen molar-refractivity contribution in [1.82, 2.24) is 0 Å². The van der Waals surface area contributed by atoms with Crippen molar-refractivity contribution < 1.29 is 12.8 Å². The van der Waals surface area contributed by atoms with Gasteiger partial charge in [0.1, 0.15) is 5.82 Å². The highest BCUT2D eigenvalue weighted by Gasteiger charge is 2.16. The van der Waals surface area contributed by atoms with Crippen LogP contribution in [0.2, 0.25) is 0 Å². The second-order valence-corrected chi connectivity index (χ2v) is 6.31. The molecule has 0 atom stereocenters. The molecule has 0 aliphatic rings. The minimum Gasteiger partial charge on any atom is -0.396 e. The molecule has 0 bridgehead atoms. The highest BCUT2D eigenvalue weighted by molar-refractivity contribution is 9.10. The lowest BCUT2D eigenvalue weighted by molar-refractivity contribution is 0.600. The van der Waals surface area contributed by atoms with Crippen LogP contribution in [0, 0.1) is 5.82 Å². The van der Waals surface area contributed by atoms with Gasteiger partial charge in [-0.05, 0) is 46.3 Å². The molecule has 2 aromatic rings. The Balaban J connectivity index is 2.38. The van der Waals surface area contributed by atoms with Gasteiger partial charge < -0.3 is 5.73 Å². The maximum atomic E-state index is 13.0. The van der Waals surface area contributed by atoms with Gasteiger partial charge in [-0.2, -0.15) is 0 Å². The van der Waals surface area contributed by atoms with Gasteiger partial charge in [-0.3, -0.25) is 4.72 Å². The number of hydrogen-bond donors (Lipinski definition) is 2. The van der Waals surface area contributed by atoms with Crippen LogP contribution >= 0.6 is 15.9 Å². The Morgan fingerprint density at radius 3 is 2.47 bits per heavy atom. The first-order valence-corrected chi connectivity index (χ1v) is 7.50. The van der Waals surface area contributed by atoms with Gasteiger partial charge in [0.05, 0.1) is 16.3 Å². The highest BCUT2D eigenvalue weighted by Crippen LogP contribution is 2.25. The number of benzene rings is 2. The SMILES string of the molecule is Nc1cc(S(=O)(=O)Nc2ccccc2Br)ccc1F. The monoisotopic (exact) mass is 344 g/mol. The van der Waals surface area contributed by atoms with E-state index in [0.717, 1.165) is 18.2 Å². The minimum absolute atomic E-state index is 0.0952. The fraction of sp³-hybridized carbons (Fsp3) is 0. The van der Waals surface area contributed by atoms with Crippen LogP contribution < -0.4 is 10.5 Å². The number of sulfonamides is 1. The van der Waals surface area contributed by atoms with E-state index in [9.17, 15) is 12.8 Å². The van der Waals surface area contributed by atoms with E-state index in [1.165, 1.54) is 0 Å². The number of nitrogens with one attached hydrogen (secondary N) is 1. The van der Waals surface area contributed by atoms with Crippen LogP contribution in [0.3, 0.4) is 0 Å². The Kier molecular flexibility index (Phi) is 3.77. The van der Waals surface area contributed by atoms with E-state index in [0.29, 0.717) is 10.2 Å². The van der Waals surface area contributed by atoms with Crippen LogP contribution in [0.1, 0.15) is 0 Å². The first kappa shape index (κ1) is 13.8. The molecule has 100 valence electrons. The molecule has 3 N–H and O–H groups in total. The molecule has 0 saturated carbocycles. The highest BCUT2D eigenvalue weighted by atomic mass is 79.9. The zero-order valence-electron chi connectivity index (χ0n) is 9.60. The predicted molar refractivity (Wildman–Crippen MR) is 75.8 cm³/mol. The predicted octanol–water partition coefficient (Wildman–Crippen LogP) is 2.97. The van der Waals surface area contributed by atoms with Gasteiger partial charge >= 0.3 is 0 Å². The van der Waals surface area contributed by atoms with Crippen LogP contribution in [0.4, 0.5) is 15.8 Å². The van der Waals surface area contributed by atoms with E-state index in [-0.39, 0.29) is 10.6 Å². The van der Waals surface area contributed by atoms with Crippen molar-refractivity contribution >= 4 is 37.3 Å². The maximum absolute atomic E-state index is 13.0. The summed E-state index contributed by atoms with van der Waals surface area (Å²) >= 11 is 3.24. The quantitative estimate of drug-likeness (QED) is 0.840. The number of anilines is 2. The van der Waals surface area contributed by atoms with Crippen molar-refractivity contribution in [2.45, 2.75) is 4.90 Å². The molecule has 2 rings (SSSR count). The average Bonchev–Trinajstić information content (AvgIpc) is 2.35. The fourth-order valence-corrected chi connectivity index (χ4v) is 3.07. The van der Waals surface area contributed by atoms with Gasteiger partial charge in [0.25, 0.3) is 10.0 Å². The summed E-state index contributed by atoms with van der Waals surface area (Å²) in [5.41, 5.74) is 5.55. The van der Waals surface area contributed by atoms with Crippen LogP contribution in [0.5, 0.6) is 0 Å². The zero-order chi connectivity index (χ0) is 14.0. The summed E-state index contributed by atoms with van der Waals surface area (Å²) in [6.45, 7) is 0. The molecular weight excluding hydrogens is 335 g/mol. The fourth-order valence-electron chi connectivity index (χ4n) is 1.44. The lowest BCUT2D eigenvalue weighted by atomic mass is 10.3. The largest absolute Gasteiger partial charge is 0.396 e. The summed E-state index contributed by atoms with van der Waals surface area (Å²) in [6.07, 6.45) is 0. The molecule has 0 heterocycles. The topological polar surface area (TPSA) is 72.2 Å². The van der Waals surface area contributed by atoms with E-state index in [1.807, 2.05) is 0 Å². The van der Waals surface area contributed by atoms with Gasteiger partial charge in [0.15, 0.2) is 0 Å². The second kappa shape index (κ2) is 5.18. The van der Waals surface area contributed by atoms with Crippen molar-refractivity contribution in [3.05, 3.63) is 52.8 Å². The molecule has 0 aliphatic carbocycles. The molecule has 19 heavy (non-hydrogen) atoms. The Bertz CT molecular complexity index is 719. The summed E-state index contributed by atoms with van der Waals surface area (Å²) in [4.78, 5) is -0.0952. The van der Waals surface area contributed by atoms with E-state index in [2.05, 4.69) is 20.7 Å². The van der Waals surface area contributed by atoms with E-state index in [1.54, 1.807) is 24.3 Å². The van der Waals surface area contributed by atoms with Crippen LogP contribution in [0.25, 0.3) is 0 Å².